The van der Waals surface area contributed by atoms with Crippen LogP contribution in [0, 0.1) is 5.82 Å². The number of carbonyl (C=O) groups excluding carboxylic acids is 1. The number of aromatic hydroxyl groups is 1. The molecule has 0 aliphatic rings. The van der Waals surface area contributed by atoms with Crippen LogP contribution in [0.1, 0.15) is 15.9 Å². The van der Waals surface area contributed by atoms with Gasteiger partial charge in [-0.15, -0.1) is 0 Å². The predicted molar refractivity (Wildman–Crippen MR) is 87.7 cm³/mol. The highest BCUT2D eigenvalue weighted by atomic mass is 19.1. The molecule has 1 amide bonds. The number of para-hydroxylation sites is 1. The molecule has 1 aromatic heterocycles. The second kappa shape index (κ2) is 6.33. The number of H-pyrrole nitrogens is 1. The van der Waals surface area contributed by atoms with E-state index in [2.05, 4.69) is 15.5 Å². The van der Waals surface area contributed by atoms with Gasteiger partial charge in [-0.2, -0.15) is 5.10 Å². The molecule has 0 spiro atoms. The highest BCUT2D eigenvalue weighted by molar-refractivity contribution is 6.02. The molecule has 0 unspecified atom stereocenters. The average Bonchev–Trinajstić information content (AvgIpc) is 2.56. The van der Waals surface area contributed by atoms with E-state index in [1.165, 1.54) is 18.2 Å². The Balaban J connectivity index is 1.89. The smallest absolute Gasteiger partial charge is 0.280 e. The van der Waals surface area contributed by atoms with Crippen LogP contribution < -0.4 is 11.0 Å². The third-order valence-electron chi connectivity index (χ3n) is 3.40. The van der Waals surface area contributed by atoms with Gasteiger partial charge in [0.05, 0.1) is 11.7 Å². The first-order chi connectivity index (χ1) is 11.6. The van der Waals surface area contributed by atoms with E-state index in [1.54, 1.807) is 30.3 Å². The van der Waals surface area contributed by atoms with E-state index in [4.69, 9.17) is 0 Å². The van der Waals surface area contributed by atoms with Crippen LogP contribution in [0.3, 0.4) is 0 Å². The molecular weight excluding hydrogens is 313 g/mol. The first-order valence-corrected chi connectivity index (χ1v) is 7.00. The van der Waals surface area contributed by atoms with Crippen molar-refractivity contribution in [2.75, 3.05) is 0 Å². The molecular formula is C17H12FN3O3. The number of hydrogen-bond donors (Lipinski definition) is 3. The zero-order chi connectivity index (χ0) is 17.1. The number of aromatic nitrogens is 1. The number of pyridine rings is 1. The molecule has 0 aliphatic carbocycles. The van der Waals surface area contributed by atoms with E-state index in [0.29, 0.717) is 10.9 Å². The predicted octanol–water partition coefficient (Wildman–Crippen LogP) is 2.14. The topological polar surface area (TPSA) is 94.5 Å². The van der Waals surface area contributed by atoms with Gasteiger partial charge < -0.3 is 10.1 Å². The minimum absolute atomic E-state index is 0.175. The van der Waals surface area contributed by atoms with Crippen molar-refractivity contribution in [3.63, 3.8) is 0 Å². The van der Waals surface area contributed by atoms with Crippen LogP contribution >= 0.6 is 0 Å². The summed E-state index contributed by atoms with van der Waals surface area (Å²) in [6.07, 6.45) is 1.11. The number of hydrogen-bond acceptors (Lipinski definition) is 4. The average molecular weight is 325 g/mol. The van der Waals surface area contributed by atoms with Crippen LogP contribution in [-0.4, -0.2) is 22.2 Å². The van der Waals surface area contributed by atoms with E-state index >= 15 is 0 Å². The van der Waals surface area contributed by atoms with Crippen molar-refractivity contribution in [2.24, 2.45) is 5.10 Å². The maximum atomic E-state index is 13.4. The van der Waals surface area contributed by atoms with Crippen molar-refractivity contribution in [1.82, 2.24) is 10.4 Å². The Morgan fingerprint density at radius 1 is 1.17 bits per heavy atom. The standard InChI is InChI=1S/C17H12FN3O3/c18-12-7-3-1-5-10(12)9-19-21-17(24)14-15(22)11-6-2-4-8-13(11)20-16(14)23/h1-9H,(H,21,24)(H2,20,22,23)/b19-9-. The quantitative estimate of drug-likeness (QED) is 0.508. The van der Waals surface area contributed by atoms with Gasteiger partial charge in [0.15, 0.2) is 0 Å². The summed E-state index contributed by atoms with van der Waals surface area (Å²) >= 11 is 0. The Morgan fingerprint density at radius 3 is 2.67 bits per heavy atom. The highest BCUT2D eigenvalue weighted by Crippen LogP contribution is 2.24. The summed E-state index contributed by atoms with van der Waals surface area (Å²) in [4.78, 5) is 26.6. The van der Waals surface area contributed by atoms with Crippen molar-refractivity contribution in [3.05, 3.63) is 75.8 Å². The number of hydrazone groups is 1. The second-order valence-electron chi connectivity index (χ2n) is 4.94. The third-order valence-corrected chi connectivity index (χ3v) is 3.40. The van der Waals surface area contributed by atoms with Crippen LogP contribution in [0.15, 0.2) is 58.4 Å². The number of benzene rings is 2. The molecule has 0 atom stereocenters. The SMILES string of the molecule is O=C(N/N=C\c1ccccc1F)c1c(O)c2ccccc2[nH]c1=O. The summed E-state index contributed by atoms with van der Waals surface area (Å²) in [6.45, 7) is 0. The van der Waals surface area contributed by atoms with Crippen molar-refractivity contribution < 1.29 is 14.3 Å². The van der Waals surface area contributed by atoms with Crippen molar-refractivity contribution in [1.29, 1.82) is 0 Å². The molecule has 3 rings (SSSR count). The monoisotopic (exact) mass is 325 g/mol. The molecule has 120 valence electrons. The first-order valence-electron chi connectivity index (χ1n) is 7.00. The molecule has 0 fully saturated rings. The van der Waals surface area contributed by atoms with Gasteiger partial charge in [-0.25, -0.2) is 9.82 Å². The van der Waals surface area contributed by atoms with Gasteiger partial charge in [0.25, 0.3) is 11.5 Å². The Kier molecular flexibility index (Phi) is 4.07. The number of halogens is 1. The molecule has 0 saturated carbocycles. The highest BCUT2D eigenvalue weighted by Gasteiger charge is 2.18. The molecule has 3 aromatic rings. The lowest BCUT2D eigenvalue weighted by Crippen LogP contribution is -2.26. The summed E-state index contributed by atoms with van der Waals surface area (Å²) in [5.41, 5.74) is 1.48. The molecule has 3 N–H and O–H groups in total. The van der Waals surface area contributed by atoms with Gasteiger partial charge in [0.1, 0.15) is 17.1 Å². The van der Waals surface area contributed by atoms with E-state index in [-0.39, 0.29) is 5.56 Å². The van der Waals surface area contributed by atoms with E-state index < -0.39 is 28.6 Å². The number of fused-ring (bicyclic) bond motifs is 1. The van der Waals surface area contributed by atoms with Crippen LogP contribution in [0.4, 0.5) is 4.39 Å². The largest absolute Gasteiger partial charge is 0.506 e. The maximum Gasteiger partial charge on any atom is 0.280 e. The van der Waals surface area contributed by atoms with Gasteiger partial charge in [-0.05, 0) is 18.2 Å². The first kappa shape index (κ1) is 15.4. The van der Waals surface area contributed by atoms with Gasteiger partial charge in [0.2, 0.25) is 0 Å². The molecule has 0 radical (unpaired) electrons. The molecule has 6 nitrogen and oxygen atoms in total. The number of rotatable bonds is 3. The normalized spacial score (nSPS) is 11.0. The number of aromatic amines is 1. The van der Waals surface area contributed by atoms with Crippen molar-refractivity contribution in [2.45, 2.75) is 0 Å². The van der Waals surface area contributed by atoms with Gasteiger partial charge >= 0.3 is 0 Å². The maximum absolute atomic E-state index is 13.4. The van der Waals surface area contributed by atoms with Crippen LogP contribution in [0.5, 0.6) is 5.75 Å². The fraction of sp³-hybridized carbons (Fsp3) is 0. The minimum atomic E-state index is -0.896. The Labute approximate surface area is 135 Å². The Morgan fingerprint density at radius 2 is 1.88 bits per heavy atom. The van der Waals surface area contributed by atoms with Gasteiger partial charge in [-0.1, -0.05) is 30.3 Å². The van der Waals surface area contributed by atoms with Gasteiger partial charge in [0, 0.05) is 10.9 Å². The fourth-order valence-electron chi connectivity index (χ4n) is 2.23. The molecule has 7 heteroatoms. The number of nitrogens with zero attached hydrogens (tertiary/aromatic N) is 1. The lowest BCUT2D eigenvalue weighted by atomic mass is 10.1. The Hall–Kier alpha value is -3.48. The van der Waals surface area contributed by atoms with E-state index in [1.807, 2.05) is 0 Å². The van der Waals surface area contributed by atoms with E-state index in [0.717, 1.165) is 6.21 Å². The second-order valence-corrected chi connectivity index (χ2v) is 4.94. The van der Waals surface area contributed by atoms with Gasteiger partial charge in [-0.3, -0.25) is 9.59 Å². The molecule has 2 aromatic carbocycles. The molecule has 24 heavy (non-hydrogen) atoms. The zero-order valence-corrected chi connectivity index (χ0v) is 12.3. The molecule has 0 bridgehead atoms. The summed E-state index contributed by atoms with van der Waals surface area (Å²) < 4.78 is 13.4. The summed E-state index contributed by atoms with van der Waals surface area (Å²) in [5.74, 6) is -1.83. The molecule has 1 heterocycles. The lowest BCUT2D eigenvalue weighted by molar-refractivity contribution is 0.0951. The number of nitrogens with one attached hydrogen (secondary N) is 2. The molecule has 0 saturated heterocycles. The van der Waals surface area contributed by atoms with Crippen LogP contribution in [0.25, 0.3) is 10.9 Å². The van der Waals surface area contributed by atoms with Crippen LogP contribution in [-0.2, 0) is 0 Å². The summed E-state index contributed by atoms with van der Waals surface area (Å²) in [6, 6.07) is 12.4. The number of amides is 1. The minimum Gasteiger partial charge on any atom is -0.506 e. The zero-order valence-electron chi connectivity index (χ0n) is 12.3. The van der Waals surface area contributed by atoms with Crippen molar-refractivity contribution in [3.8, 4) is 5.75 Å². The molecule has 0 aliphatic heterocycles. The third kappa shape index (κ3) is 2.87. The fourth-order valence-corrected chi connectivity index (χ4v) is 2.23. The Bertz CT molecular complexity index is 1010. The summed E-state index contributed by atoms with van der Waals surface area (Å²) in [5, 5.41) is 14.1. The summed E-state index contributed by atoms with van der Waals surface area (Å²) in [7, 11) is 0. The van der Waals surface area contributed by atoms with Crippen molar-refractivity contribution >= 4 is 23.0 Å². The van der Waals surface area contributed by atoms with E-state index in [9.17, 15) is 19.1 Å². The lowest BCUT2D eigenvalue weighted by Gasteiger charge is -2.06. The number of carbonyl (C=O) groups is 1. The van der Waals surface area contributed by atoms with Crippen LogP contribution in [0.2, 0.25) is 0 Å².